The van der Waals surface area contributed by atoms with Gasteiger partial charge in [0, 0.05) is 12.1 Å². The third-order valence-corrected chi connectivity index (χ3v) is 3.88. The topological polar surface area (TPSA) is 47.0 Å². The quantitative estimate of drug-likeness (QED) is 0.800. The van der Waals surface area contributed by atoms with Crippen LogP contribution in [0.3, 0.4) is 0 Å². The minimum Gasteiger partial charge on any atom is -0.245 e. The number of hydrogen-bond acceptors (Lipinski definition) is 3. The van der Waals surface area contributed by atoms with E-state index in [1.54, 1.807) is 0 Å². The summed E-state index contributed by atoms with van der Waals surface area (Å²) in [5, 5.41) is -0.572. The Balaban J connectivity index is 3.08. The van der Waals surface area contributed by atoms with E-state index in [1.165, 1.54) is 0 Å². The molecule has 0 aliphatic rings. The molecule has 0 aliphatic heterocycles. The van der Waals surface area contributed by atoms with Crippen LogP contribution in [-0.2, 0) is 16.0 Å². The summed E-state index contributed by atoms with van der Waals surface area (Å²) in [7, 11) is -3.80. The van der Waals surface area contributed by atoms with Gasteiger partial charge in [0.25, 0.3) is 0 Å². The van der Waals surface area contributed by atoms with Gasteiger partial charge >= 0.3 is 6.18 Å². The Kier molecular flexibility index (Phi) is 4.37. The molecular formula is C9H9ClF3NO2S. The van der Waals surface area contributed by atoms with Gasteiger partial charge in [0.1, 0.15) is 0 Å². The van der Waals surface area contributed by atoms with E-state index in [2.05, 4.69) is 4.98 Å². The number of hydrogen-bond donors (Lipinski definition) is 0. The lowest BCUT2D eigenvalue weighted by molar-refractivity contribution is -0.137. The second kappa shape index (κ2) is 5.22. The minimum absolute atomic E-state index is 0.123. The fourth-order valence-electron chi connectivity index (χ4n) is 1.10. The van der Waals surface area contributed by atoms with Gasteiger partial charge in [-0.2, -0.15) is 13.2 Å². The SMILES string of the molecule is O=S(=O)(CCCCl)c1cc(C(F)(F)F)ccn1. The minimum atomic E-state index is -4.58. The van der Waals surface area contributed by atoms with Crippen molar-refractivity contribution in [3.8, 4) is 0 Å². The second-order valence-electron chi connectivity index (χ2n) is 3.24. The Morgan fingerprint density at radius 2 is 2.00 bits per heavy atom. The van der Waals surface area contributed by atoms with Crippen molar-refractivity contribution in [1.29, 1.82) is 0 Å². The normalized spacial score (nSPS) is 12.7. The maximum Gasteiger partial charge on any atom is 0.416 e. The summed E-state index contributed by atoms with van der Waals surface area (Å²) in [6, 6.07) is 1.25. The highest BCUT2D eigenvalue weighted by Gasteiger charge is 2.32. The number of pyridine rings is 1. The van der Waals surface area contributed by atoms with Gasteiger partial charge in [-0.15, -0.1) is 11.6 Å². The molecule has 0 fully saturated rings. The maximum absolute atomic E-state index is 12.4. The molecule has 0 aromatic carbocycles. The van der Waals surface area contributed by atoms with Crippen molar-refractivity contribution >= 4 is 21.4 Å². The van der Waals surface area contributed by atoms with E-state index < -0.39 is 26.6 Å². The Labute approximate surface area is 102 Å². The lowest BCUT2D eigenvalue weighted by atomic mass is 10.3. The van der Waals surface area contributed by atoms with E-state index in [-0.39, 0.29) is 18.1 Å². The fourth-order valence-corrected chi connectivity index (χ4v) is 2.66. The molecule has 1 aromatic rings. The number of rotatable bonds is 4. The average Bonchev–Trinajstić information content (AvgIpc) is 2.25. The lowest BCUT2D eigenvalue weighted by Gasteiger charge is -2.08. The van der Waals surface area contributed by atoms with Gasteiger partial charge in [-0.3, -0.25) is 0 Å². The lowest BCUT2D eigenvalue weighted by Crippen LogP contribution is -2.12. The maximum atomic E-state index is 12.4. The molecule has 0 amide bonds. The molecule has 0 spiro atoms. The third kappa shape index (κ3) is 3.85. The summed E-state index contributed by atoms with van der Waals surface area (Å²) in [6.07, 6.45) is -3.59. The van der Waals surface area contributed by atoms with Crippen LogP contribution in [-0.4, -0.2) is 25.0 Å². The average molecular weight is 288 g/mol. The molecular weight excluding hydrogens is 279 g/mol. The first-order chi connectivity index (χ1) is 7.77. The van der Waals surface area contributed by atoms with Crippen LogP contribution in [0.1, 0.15) is 12.0 Å². The molecule has 17 heavy (non-hydrogen) atoms. The van der Waals surface area contributed by atoms with E-state index >= 15 is 0 Å². The highest BCUT2D eigenvalue weighted by Crippen LogP contribution is 2.29. The Hall–Kier alpha value is -0.820. The van der Waals surface area contributed by atoms with Gasteiger partial charge in [-0.1, -0.05) is 0 Å². The summed E-state index contributed by atoms with van der Waals surface area (Å²) in [5.41, 5.74) is -1.03. The fraction of sp³-hybridized carbons (Fsp3) is 0.444. The number of alkyl halides is 4. The molecule has 0 saturated heterocycles. The number of aromatic nitrogens is 1. The van der Waals surface area contributed by atoms with Crippen molar-refractivity contribution in [3.63, 3.8) is 0 Å². The van der Waals surface area contributed by atoms with Gasteiger partial charge in [-0.05, 0) is 18.6 Å². The van der Waals surface area contributed by atoms with Gasteiger partial charge in [0.2, 0.25) is 0 Å². The molecule has 0 saturated carbocycles. The second-order valence-corrected chi connectivity index (χ2v) is 5.68. The summed E-state index contributed by atoms with van der Waals surface area (Å²) in [5.74, 6) is -0.191. The van der Waals surface area contributed by atoms with Crippen LogP contribution < -0.4 is 0 Å². The largest absolute Gasteiger partial charge is 0.416 e. The molecule has 8 heteroatoms. The van der Waals surface area contributed by atoms with E-state index in [9.17, 15) is 21.6 Å². The first-order valence-corrected chi connectivity index (χ1v) is 6.78. The predicted molar refractivity (Wildman–Crippen MR) is 56.6 cm³/mol. The smallest absolute Gasteiger partial charge is 0.245 e. The van der Waals surface area contributed by atoms with Crippen molar-refractivity contribution < 1.29 is 21.6 Å². The summed E-state index contributed by atoms with van der Waals surface area (Å²) >= 11 is 5.33. The van der Waals surface area contributed by atoms with E-state index in [0.29, 0.717) is 6.07 Å². The molecule has 3 nitrogen and oxygen atoms in total. The summed E-state index contributed by atoms with van der Waals surface area (Å²) in [4.78, 5) is 3.45. The summed E-state index contributed by atoms with van der Waals surface area (Å²) in [6.45, 7) is 0. The summed E-state index contributed by atoms with van der Waals surface area (Å²) < 4.78 is 60.3. The first-order valence-electron chi connectivity index (χ1n) is 4.59. The zero-order valence-corrected chi connectivity index (χ0v) is 10.1. The molecule has 0 aliphatic carbocycles. The molecule has 96 valence electrons. The molecule has 1 rings (SSSR count). The van der Waals surface area contributed by atoms with Crippen LogP contribution in [0.25, 0.3) is 0 Å². The third-order valence-electron chi connectivity index (χ3n) is 1.93. The van der Waals surface area contributed by atoms with Crippen LogP contribution >= 0.6 is 11.6 Å². The van der Waals surface area contributed by atoms with Gasteiger partial charge in [0.15, 0.2) is 14.9 Å². The van der Waals surface area contributed by atoms with E-state index in [0.717, 1.165) is 12.3 Å². The van der Waals surface area contributed by atoms with E-state index in [1.807, 2.05) is 0 Å². The highest BCUT2D eigenvalue weighted by molar-refractivity contribution is 7.91. The Morgan fingerprint density at radius 1 is 1.35 bits per heavy atom. The first kappa shape index (κ1) is 14.2. The van der Waals surface area contributed by atoms with Crippen molar-refractivity contribution in [2.24, 2.45) is 0 Å². The van der Waals surface area contributed by atoms with Crippen LogP contribution in [0.15, 0.2) is 23.4 Å². The highest BCUT2D eigenvalue weighted by atomic mass is 35.5. The Bertz CT molecular complexity index is 487. The molecule has 0 radical (unpaired) electrons. The number of halogens is 4. The van der Waals surface area contributed by atoms with Crippen LogP contribution in [0, 0.1) is 0 Å². The van der Waals surface area contributed by atoms with Gasteiger partial charge in [0.05, 0.1) is 11.3 Å². The van der Waals surface area contributed by atoms with Gasteiger partial charge in [-0.25, -0.2) is 13.4 Å². The molecule has 1 aromatic heterocycles. The zero-order chi connectivity index (χ0) is 13.1. The van der Waals surface area contributed by atoms with Crippen LogP contribution in [0.2, 0.25) is 0 Å². The standard InChI is InChI=1S/C9H9ClF3NO2S/c10-3-1-5-17(15,16)8-6-7(2-4-14-8)9(11,12)13/h2,4,6H,1,3,5H2. The molecule has 1 heterocycles. The zero-order valence-electron chi connectivity index (χ0n) is 8.54. The van der Waals surface area contributed by atoms with Crippen molar-refractivity contribution in [3.05, 3.63) is 23.9 Å². The number of nitrogens with zero attached hydrogens (tertiary/aromatic N) is 1. The molecule has 0 atom stereocenters. The molecule has 0 N–H and O–H groups in total. The molecule has 0 bridgehead atoms. The number of sulfone groups is 1. The van der Waals surface area contributed by atoms with Gasteiger partial charge < -0.3 is 0 Å². The van der Waals surface area contributed by atoms with Crippen molar-refractivity contribution in [1.82, 2.24) is 4.98 Å². The Morgan fingerprint density at radius 3 is 2.53 bits per heavy atom. The van der Waals surface area contributed by atoms with Crippen molar-refractivity contribution in [2.75, 3.05) is 11.6 Å². The van der Waals surface area contributed by atoms with E-state index in [4.69, 9.17) is 11.6 Å². The van der Waals surface area contributed by atoms with Crippen LogP contribution in [0.5, 0.6) is 0 Å². The monoisotopic (exact) mass is 287 g/mol. The van der Waals surface area contributed by atoms with Crippen LogP contribution in [0.4, 0.5) is 13.2 Å². The predicted octanol–water partition coefficient (Wildman–Crippen LogP) is 2.50. The van der Waals surface area contributed by atoms with Crippen molar-refractivity contribution in [2.45, 2.75) is 17.6 Å². The molecule has 0 unspecified atom stereocenters.